The third kappa shape index (κ3) is 6.53. The van der Waals surface area contributed by atoms with Gasteiger partial charge in [0.05, 0.1) is 24.1 Å². The van der Waals surface area contributed by atoms with Crippen LogP contribution in [-0.4, -0.2) is 64.2 Å². The Hall–Kier alpha value is -3.92. The fourth-order valence-electron chi connectivity index (χ4n) is 5.24. The Kier molecular flexibility index (Phi) is 8.04. The average molecular weight is 562 g/mol. The summed E-state index contributed by atoms with van der Waals surface area (Å²) in [5.41, 5.74) is 4.28. The van der Waals surface area contributed by atoms with Crippen LogP contribution in [0, 0.1) is 18.2 Å². The minimum atomic E-state index is -0.526. The third-order valence-corrected chi connectivity index (χ3v) is 7.85. The highest BCUT2D eigenvalue weighted by Crippen LogP contribution is 2.37. The molecule has 0 bridgehead atoms. The fourth-order valence-corrected chi connectivity index (χ4v) is 5.24. The van der Waals surface area contributed by atoms with Gasteiger partial charge >= 0.3 is 6.03 Å². The molecule has 10 heteroatoms. The minimum absolute atomic E-state index is 0.0537. The number of hydrogen-bond acceptors (Lipinski definition) is 5. The number of piperazine rings is 1. The summed E-state index contributed by atoms with van der Waals surface area (Å²) in [6.45, 7) is 13.1. The van der Waals surface area contributed by atoms with Gasteiger partial charge in [0.2, 0.25) is 0 Å². The van der Waals surface area contributed by atoms with E-state index in [0.717, 1.165) is 48.7 Å². The maximum Gasteiger partial charge on any atom is 0.317 e. The van der Waals surface area contributed by atoms with E-state index in [4.69, 9.17) is 0 Å². The monoisotopic (exact) mass is 561 g/mol. The number of benzene rings is 2. The van der Waals surface area contributed by atoms with Crippen molar-refractivity contribution >= 4 is 29.1 Å². The molecular weight excluding hydrogens is 521 g/mol. The molecule has 3 aromatic rings. The SMILES string of the molecule is Cc1ccc2c(c1)Nc1c(cnn1C)CN2C(=O)c1ccc(CNC(=O)N2CCN(CCC(C)(C)C)CC2)c(F)c1. The summed E-state index contributed by atoms with van der Waals surface area (Å²) in [4.78, 5) is 32.3. The molecule has 0 spiro atoms. The van der Waals surface area contributed by atoms with Crippen molar-refractivity contribution < 1.29 is 14.0 Å². The van der Waals surface area contributed by atoms with Gasteiger partial charge in [-0.15, -0.1) is 0 Å². The van der Waals surface area contributed by atoms with E-state index in [-0.39, 0.29) is 29.5 Å². The predicted molar refractivity (Wildman–Crippen MR) is 159 cm³/mol. The lowest BCUT2D eigenvalue weighted by Crippen LogP contribution is -2.52. The van der Waals surface area contributed by atoms with Crippen molar-refractivity contribution in [2.24, 2.45) is 12.5 Å². The van der Waals surface area contributed by atoms with Crippen LogP contribution >= 0.6 is 0 Å². The van der Waals surface area contributed by atoms with E-state index in [0.29, 0.717) is 30.9 Å². The molecule has 218 valence electrons. The minimum Gasteiger partial charge on any atom is -0.338 e. The molecular formula is C31H40FN7O2. The number of nitrogens with zero attached hydrogens (tertiary/aromatic N) is 5. The van der Waals surface area contributed by atoms with E-state index in [1.807, 2.05) is 32.2 Å². The number of hydrogen-bond donors (Lipinski definition) is 2. The van der Waals surface area contributed by atoms with Crippen molar-refractivity contribution in [2.75, 3.05) is 42.9 Å². The van der Waals surface area contributed by atoms with Crippen LogP contribution in [-0.2, 0) is 20.1 Å². The standard InChI is InChI=1S/C31H40FN7O2/c1-21-6-9-27-26(16-21)35-28-24(19-34-36(28)5)20-39(27)29(40)22-7-8-23(25(32)17-22)18-33-30(41)38-14-12-37(13-15-38)11-10-31(2,3)4/h6-9,16-17,19,35H,10-15,18,20H2,1-5H3,(H,33,41). The second kappa shape index (κ2) is 11.5. The van der Waals surface area contributed by atoms with Crippen LogP contribution in [0.5, 0.6) is 0 Å². The van der Waals surface area contributed by atoms with Gasteiger partial charge in [0, 0.05) is 56.5 Å². The van der Waals surface area contributed by atoms with Crippen molar-refractivity contribution in [3.05, 3.63) is 70.7 Å². The lowest BCUT2D eigenvalue weighted by Gasteiger charge is -2.35. The van der Waals surface area contributed by atoms with Crippen molar-refractivity contribution in [1.29, 1.82) is 0 Å². The van der Waals surface area contributed by atoms with Crippen LogP contribution in [0.2, 0.25) is 0 Å². The lowest BCUT2D eigenvalue weighted by molar-refractivity contribution is 0.0985. The summed E-state index contributed by atoms with van der Waals surface area (Å²) in [7, 11) is 1.85. The highest BCUT2D eigenvalue weighted by molar-refractivity contribution is 6.08. The molecule has 5 rings (SSSR count). The van der Waals surface area contributed by atoms with Gasteiger partial charge in [-0.3, -0.25) is 14.4 Å². The normalized spacial score (nSPS) is 15.6. The largest absolute Gasteiger partial charge is 0.338 e. The molecule has 1 saturated heterocycles. The molecule has 9 nitrogen and oxygen atoms in total. The highest BCUT2D eigenvalue weighted by Gasteiger charge is 2.28. The number of fused-ring (bicyclic) bond motifs is 2. The number of aryl methyl sites for hydroxylation is 2. The second-order valence-electron chi connectivity index (χ2n) is 12.3. The molecule has 0 unspecified atom stereocenters. The van der Waals surface area contributed by atoms with E-state index in [2.05, 4.69) is 41.4 Å². The molecule has 2 aliphatic heterocycles. The van der Waals surface area contributed by atoms with Gasteiger partial charge in [-0.1, -0.05) is 32.9 Å². The Labute approximate surface area is 241 Å². The number of carbonyl (C=O) groups excluding carboxylic acids is 2. The zero-order valence-corrected chi connectivity index (χ0v) is 24.6. The van der Waals surface area contributed by atoms with Gasteiger partial charge in [-0.2, -0.15) is 5.10 Å². The van der Waals surface area contributed by atoms with Crippen LogP contribution in [0.15, 0.2) is 42.6 Å². The lowest BCUT2D eigenvalue weighted by atomic mass is 9.92. The maximum absolute atomic E-state index is 15.2. The summed E-state index contributed by atoms with van der Waals surface area (Å²) >= 11 is 0. The molecule has 2 aromatic carbocycles. The number of urea groups is 1. The van der Waals surface area contributed by atoms with Gasteiger partial charge < -0.3 is 20.4 Å². The van der Waals surface area contributed by atoms with Crippen molar-refractivity contribution in [3.8, 4) is 0 Å². The summed E-state index contributed by atoms with van der Waals surface area (Å²) in [5.74, 6) is -0.0227. The number of nitrogens with one attached hydrogen (secondary N) is 2. The maximum atomic E-state index is 15.2. The van der Waals surface area contributed by atoms with E-state index >= 15 is 4.39 Å². The molecule has 3 amide bonds. The summed E-state index contributed by atoms with van der Waals surface area (Å²) in [5, 5.41) is 10.6. The second-order valence-corrected chi connectivity index (χ2v) is 12.3. The quantitative estimate of drug-likeness (QED) is 0.456. The zero-order chi connectivity index (χ0) is 29.3. The van der Waals surface area contributed by atoms with E-state index < -0.39 is 5.82 Å². The van der Waals surface area contributed by atoms with Crippen LogP contribution in [0.1, 0.15) is 54.2 Å². The topological polar surface area (TPSA) is 85.7 Å². The first-order chi connectivity index (χ1) is 19.5. The van der Waals surface area contributed by atoms with E-state index in [1.54, 1.807) is 32.8 Å². The number of halogens is 1. The Morgan fingerprint density at radius 1 is 1.07 bits per heavy atom. The summed E-state index contributed by atoms with van der Waals surface area (Å²) < 4.78 is 16.9. The van der Waals surface area contributed by atoms with Crippen LogP contribution < -0.4 is 15.5 Å². The average Bonchev–Trinajstić information content (AvgIpc) is 3.18. The molecule has 0 aliphatic carbocycles. The van der Waals surface area contributed by atoms with Crippen LogP contribution in [0.3, 0.4) is 0 Å². The number of rotatable bonds is 5. The zero-order valence-electron chi connectivity index (χ0n) is 24.6. The fraction of sp³-hybridized carbons (Fsp3) is 0.452. The van der Waals surface area contributed by atoms with E-state index in [9.17, 15) is 9.59 Å². The first-order valence-corrected chi connectivity index (χ1v) is 14.2. The molecule has 0 saturated carbocycles. The first-order valence-electron chi connectivity index (χ1n) is 14.2. The number of amides is 3. The van der Waals surface area contributed by atoms with Gasteiger partial charge in [0.25, 0.3) is 5.91 Å². The number of aromatic nitrogens is 2. The molecule has 3 heterocycles. The summed E-state index contributed by atoms with van der Waals surface area (Å²) in [6, 6.07) is 10.1. The molecule has 41 heavy (non-hydrogen) atoms. The van der Waals surface area contributed by atoms with Gasteiger partial charge in [-0.05, 0) is 55.1 Å². The van der Waals surface area contributed by atoms with Crippen molar-refractivity contribution in [2.45, 2.75) is 47.2 Å². The van der Waals surface area contributed by atoms with Gasteiger partial charge in [0.1, 0.15) is 11.6 Å². The van der Waals surface area contributed by atoms with Crippen LogP contribution in [0.25, 0.3) is 0 Å². The highest BCUT2D eigenvalue weighted by atomic mass is 19.1. The summed E-state index contributed by atoms with van der Waals surface area (Å²) in [6.07, 6.45) is 2.85. The molecule has 1 aromatic heterocycles. The Morgan fingerprint density at radius 3 is 2.54 bits per heavy atom. The first kappa shape index (κ1) is 28.6. The smallest absolute Gasteiger partial charge is 0.317 e. The van der Waals surface area contributed by atoms with Crippen LogP contribution in [0.4, 0.5) is 26.4 Å². The number of anilines is 3. The van der Waals surface area contributed by atoms with Gasteiger partial charge in [-0.25, -0.2) is 9.18 Å². The van der Waals surface area contributed by atoms with E-state index in [1.165, 1.54) is 6.07 Å². The van der Waals surface area contributed by atoms with Crippen molar-refractivity contribution in [1.82, 2.24) is 24.9 Å². The predicted octanol–water partition coefficient (Wildman–Crippen LogP) is 5.04. The molecule has 2 N–H and O–H groups in total. The molecule has 0 radical (unpaired) electrons. The number of carbonyl (C=O) groups is 2. The molecule has 2 aliphatic rings. The van der Waals surface area contributed by atoms with Crippen molar-refractivity contribution in [3.63, 3.8) is 0 Å². The Balaban J connectivity index is 1.23. The third-order valence-electron chi connectivity index (χ3n) is 7.85. The Morgan fingerprint density at radius 2 is 1.83 bits per heavy atom. The van der Waals surface area contributed by atoms with Gasteiger partial charge in [0.15, 0.2) is 0 Å². The molecule has 1 fully saturated rings. The molecule has 0 atom stereocenters. The Bertz CT molecular complexity index is 1440.